The molecule has 0 bridgehead atoms. The van der Waals surface area contributed by atoms with Crippen LogP contribution < -0.4 is 4.90 Å². The van der Waals surface area contributed by atoms with Gasteiger partial charge in [-0.3, -0.25) is 4.98 Å². The van der Waals surface area contributed by atoms with Crippen molar-refractivity contribution < 1.29 is 0 Å². The van der Waals surface area contributed by atoms with Crippen molar-refractivity contribution in [1.29, 1.82) is 0 Å². The van der Waals surface area contributed by atoms with Gasteiger partial charge in [0.1, 0.15) is 5.82 Å². The van der Waals surface area contributed by atoms with E-state index in [4.69, 9.17) is 0 Å². The summed E-state index contributed by atoms with van der Waals surface area (Å²) in [5.41, 5.74) is 5.87. The van der Waals surface area contributed by atoms with Crippen molar-refractivity contribution in [2.24, 2.45) is 0 Å². The molecule has 0 amide bonds. The first-order chi connectivity index (χ1) is 10.5. The lowest BCUT2D eigenvalue weighted by Gasteiger charge is -2.33. The normalized spacial score (nSPS) is 16.1. The molecule has 4 nitrogen and oxygen atoms in total. The highest BCUT2D eigenvalue weighted by molar-refractivity contribution is 5.69. The Morgan fingerprint density at radius 2 is 1.59 bits per heavy atom. The van der Waals surface area contributed by atoms with Crippen LogP contribution in [0.2, 0.25) is 0 Å². The fourth-order valence-electron chi connectivity index (χ4n) is 2.97. The Hall–Kier alpha value is -1.94. The average molecular weight is 296 g/mol. The van der Waals surface area contributed by atoms with Crippen LogP contribution in [0.1, 0.15) is 16.7 Å². The zero-order valence-electron chi connectivity index (χ0n) is 13.9. The van der Waals surface area contributed by atoms with E-state index in [1.54, 1.807) is 0 Å². The van der Waals surface area contributed by atoms with E-state index < -0.39 is 0 Å². The van der Waals surface area contributed by atoms with Crippen molar-refractivity contribution >= 4 is 5.82 Å². The molecule has 0 unspecified atom stereocenters. The second-order valence-corrected chi connectivity index (χ2v) is 6.33. The smallest absolute Gasteiger partial charge is 0.129 e. The van der Waals surface area contributed by atoms with E-state index in [1.165, 1.54) is 22.3 Å². The second-order valence-electron chi connectivity index (χ2n) is 6.33. The summed E-state index contributed by atoms with van der Waals surface area (Å²) >= 11 is 0. The van der Waals surface area contributed by atoms with Gasteiger partial charge in [0.15, 0.2) is 0 Å². The molecule has 0 atom stereocenters. The lowest BCUT2D eigenvalue weighted by molar-refractivity contribution is 0.312. The Morgan fingerprint density at radius 1 is 0.864 bits per heavy atom. The first-order valence-electron chi connectivity index (χ1n) is 7.88. The highest BCUT2D eigenvalue weighted by atomic mass is 15.3. The van der Waals surface area contributed by atoms with Crippen molar-refractivity contribution in [3.63, 3.8) is 0 Å². The predicted octanol–water partition coefficient (Wildman–Crippen LogP) is 2.82. The van der Waals surface area contributed by atoms with E-state index in [1.807, 2.05) is 12.4 Å². The molecule has 4 heteroatoms. The zero-order chi connectivity index (χ0) is 15.7. The molecule has 3 rings (SSSR count). The monoisotopic (exact) mass is 296 g/mol. The first kappa shape index (κ1) is 15.0. The van der Waals surface area contributed by atoms with Gasteiger partial charge in [0, 0.05) is 44.1 Å². The minimum Gasteiger partial charge on any atom is -0.354 e. The Labute approximate surface area is 132 Å². The third-order valence-electron chi connectivity index (χ3n) is 4.39. The minimum absolute atomic E-state index is 1.03. The van der Waals surface area contributed by atoms with Crippen LogP contribution in [0.25, 0.3) is 11.3 Å². The van der Waals surface area contributed by atoms with E-state index in [9.17, 15) is 0 Å². The molecule has 1 aliphatic rings. The highest BCUT2D eigenvalue weighted by Gasteiger charge is 2.17. The van der Waals surface area contributed by atoms with Crippen molar-refractivity contribution in [3.05, 3.63) is 41.2 Å². The maximum absolute atomic E-state index is 4.65. The Balaban J connectivity index is 1.96. The maximum atomic E-state index is 4.65. The Bertz CT molecular complexity index is 673. The molecule has 2 aromatic heterocycles. The number of piperazine rings is 1. The van der Waals surface area contributed by atoms with Crippen LogP contribution in [0.5, 0.6) is 0 Å². The van der Waals surface area contributed by atoms with E-state index in [0.717, 1.165) is 37.7 Å². The van der Waals surface area contributed by atoms with Gasteiger partial charge in [-0.1, -0.05) is 6.07 Å². The summed E-state index contributed by atoms with van der Waals surface area (Å²) < 4.78 is 0. The third-order valence-corrected chi connectivity index (χ3v) is 4.39. The number of likely N-dealkylation sites (N-methyl/N-ethyl adjacent to an activating group) is 1. The summed E-state index contributed by atoms with van der Waals surface area (Å²) in [6, 6.07) is 4.39. The molecule has 0 aliphatic carbocycles. The number of aryl methyl sites for hydroxylation is 3. The van der Waals surface area contributed by atoms with Crippen LogP contribution in [-0.2, 0) is 0 Å². The number of anilines is 1. The molecule has 3 heterocycles. The predicted molar refractivity (Wildman–Crippen MR) is 91.4 cm³/mol. The van der Waals surface area contributed by atoms with Crippen molar-refractivity contribution in [3.8, 4) is 11.3 Å². The summed E-state index contributed by atoms with van der Waals surface area (Å²) in [7, 11) is 2.17. The fourth-order valence-corrected chi connectivity index (χ4v) is 2.97. The van der Waals surface area contributed by atoms with Gasteiger partial charge < -0.3 is 9.80 Å². The van der Waals surface area contributed by atoms with Crippen LogP contribution >= 0.6 is 0 Å². The van der Waals surface area contributed by atoms with Crippen molar-refractivity contribution in [1.82, 2.24) is 14.9 Å². The Kier molecular flexibility index (Phi) is 4.12. The summed E-state index contributed by atoms with van der Waals surface area (Å²) in [4.78, 5) is 14.0. The zero-order valence-corrected chi connectivity index (χ0v) is 13.9. The SMILES string of the molecule is Cc1cnc(-c2cc(N3CCN(C)CC3)ncc2C)c(C)c1. The number of rotatable bonds is 2. The number of pyridine rings is 2. The molecule has 116 valence electrons. The number of nitrogens with zero attached hydrogens (tertiary/aromatic N) is 4. The van der Waals surface area contributed by atoms with Gasteiger partial charge in [0.2, 0.25) is 0 Å². The molecule has 2 aromatic rings. The van der Waals surface area contributed by atoms with Gasteiger partial charge in [0.05, 0.1) is 5.69 Å². The van der Waals surface area contributed by atoms with Gasteiger partial charge >= 0.3 is 0 Å². The van der Waals surface area contributed by atoms with Gasteiger partial charge in [-0.2, -0.15) is 0 Å². The summed E-state index contributed by atoms with van der Waals surface area (Å²) in [5, 5.41) is 0. The average Bonchev–Trinajstić information content (AvgIpc) is 2.49. The van der Waals surface area contributed by atoms with Gasteiger partial charge in [-0.15, -0.1) is 0 Å². The lowest BCUT2D eigenvalue weighted by atomic mass is 10.0. The summed E-state index contributed by atoms with van der Waals surface area (Å²) in [6.45, 7) is 10.6. The van der Waals surface area contributed by atoms with Crippen LogP contribution in [0, 0.1) is 20.8 Å². The molecule has 0 N–H and O–H groups in total. The molecule has 1 fully saturated rings. The number of hydrogen-bond acceptors (Lipinski definition) is 4. The topological polar surface area (TPSA) is 32.3 Å². The van der Waals surface area contributed by atoms with Gasteiger partial charge in [0.25, 0.3) is 0 Å². The standard InChI is InChI=1S/C18H24N4/c1-13-9-14(2)18(20-11-13)16-10-17(19-12-15(16)3)22-7-5-21(4)6-8-22/h9-12H,5-8H2,1-4H3. The molecule has 0 saturated carbocycles. The van der Waals surface area contributed by atoms with Crippen LogP contribution in [-0.4, -0.2) is 48.1 Å². The molecular formula is C18H24N4. The van der Waals surface area contributed by atoms with Gasteiger partial charge in [-0.05, 0) is 50.6 Å². The van der Waals surface area contributed by atoms with Crippen LogP contribution in [0.3, 0.4) is 0 Å². The van der Waals surface area contributed by atoms with Crippen LogP contribution in [0.15, 0.2) is 24.5 Å². The van der Waals surface area contributed by atoms with E-state index in [-0.39, 0.29) is 0 Å². The Morgan fingerprint density at radius 3 is 2.27 bits per heavy atom. The molecule has 0 radical (unpaired) electrons. The molecule has 22 heavy (non-hydrogen) atoms. The molecular weight excluding hydrogens is 272 g/mol. The van der Waals surface area contributed by atoms with E-state index in [2.05, 4.69) is 59.7 Å². The van der Waals surface area contributed by atoms with Gasteiger partial charge in [-0.25, -0.2) is 4.98 Å². The lowest BCUT2D eigenvalue weighted by Crippen LogP contribution is -2.44. The number of aromatic nitrogens is 2. The summed E-state index contributed by atoms with van der Waals surface area (Å²) in [5.74, 6) is 1.07. The minimum atomic E-state index is 1.03. The maximum Gasteiger partial charge on any atom is 0.129 e. The van der Waals surface area contributed by atoms with Crippen LogP contribution in [0.4, 0.5) is 5.82 Å². The highest BCUT2D eigenvalue weighted by Crippen LogP contribution is 2.28. The van der Waals surface area contributed by atoms with E-state index >= 15 is 0 Å². The molecule has 0 aromatic carbocycles. The number of hydrogen-bond donors (Lipinski definition) is 0. The quantitative estimate of drug-likeness (QED) is 0.853. The first-order valence-corrected chi connectivity index (χ1v) is 7.88. The molecule has 1 saturated heterocycles. The largest absolute Gasteiger partial charge is 0.354 e. The van der Waals surface area contributed by atoms with Crippen molar-refractivity contribution in [2.75, 3.05) is 38.1 Å². The third kappa shape index (κ3) is 2.97. The second kappa shape index (κ2) is 6.05. The van der Waals surface area contributed by atoms with E-state index in [0.29, 0.717) is 0 Å². The molecule has 1 aliphatic heterocycles. The molecule has 0 spiro atoms. The fraction of sp³-hybridized carbons (Fsp3) is 0.444. The van der Waals surface area contributed by atoms with Crippen molar-refractivity contribution in [2.45, 2.75) is 20.8 Å². The summed E-state index contributed by atoms with van der Waals surface area (Å²) in [6.07, 6.45) is 3.92.